The number of hydrogen-bond donors (Lipinski definition) is 1. The molecule has 2 N–H and O–H groups in total. The first-order chi connectivity index (χ1) is 8.01. The summed E-state index contributed by atoms with van der Waals surface area (Å²) in [5.41, 5.74) is 6.03. The molecule has 1 aliphatic rings. The normalized spacial score (nSPS) is 17.2. The average molecular weight is 317 g/mol. The van der Waals surface area contributed by atoms with Crippen molar-refractivity contribution in [2.24, 2.45) is 0 Å². The second kappa shape index (κ2) is 4.80. The van der Waals surface area contributed by atoms with E-state index in [9.17, 15) is 8.42 Å². The Balaban J connectivity index is 2.40. The van der Waals surface area contributed by atoms with Gasteiger partial charge in [-0.25, -0.2) is 8.42 Å². The lowest BCUT2D eigenvalue weighted by Crippen LogP contribution is -2.34. The van der Waals surface area contributed by atoms with Gasteiger partial charge in [0.05, 0.1) is 5.69 Å². The van der Waals surface area contributed by atoms with E-state index in [0.29, 0.717) is 13.1 Å². The Bertz CT molecular complexity index is 555. The van der Waals surface area contributed by atoms with Crippen molar-refractivity contribution in [3.05, 3.63) is 34.8 Å². The standard InChI is InChI=1S/C11H13BrN2O2S/c12-9-4-5-11(10(13)8-9)17(15,16)14-6-2-1-3-7-14/h1-2,4-5,8H,3,6-7,13H2. The van der Waals surface area contributed by atoms with Crippen LogP contribution in [0.3, 0.4) is 0 Å². The lowest BCUT2D eigenvalue weighted by Gasteiger charge is -2.23. The summed E-state index contributed by atoms with van der Waals surface area (Å²) in [4.78, 5) is 0.177. The van der Waals surface area contributed by atoms with Crippen molar-refractivity contribution in [3.8, 4) is 0 Å². The van der Waals surface area contributed by atoms with E-state index in [1.54, 1.807) is 12.1 Å². The van der Waals surface area contributed by atoms with E-state index in [1.165, 1.54) is 10.4 Å². The Kier molecular flexibility index (Phi) is 3.56. The van der Waals surface area contributed by atoms with Crippen LogP contribution in [-0.2, 0) is 10.0 Å². The summed E-state index contributed by atoms with van der Waals surface area (Å²) in [5, 5.41) is 0. The minimum absolute atomic E-state index is 0.177. The first kappa shape index (κ1) is 12.6. The molecule has 0 saturated heterocycles. The molecule has 0 fully saturated rings. The van der Waals surface area contributed by atoms with Crippen LogP contribution >= 0.6 is 15.9 Å². The maximum absolute atomic E-state index is 12.3. The maximum atomic E-state index is 12.3. The predicted molar refractivity (Wildman–Crippen MR) is 71.1 cm³/mol. The summed E-state index contributed by atoms with van der Waals surface area (Å²) < 4.78 is 26.8. The lowest BCUT2D eigenvalue weighted by molar-refractivity contribution is 0.438. The predicted octanol–water partition coefficient (Wildman–Crippen LogP) is 1.98. The van der Waals surface area contributed by atoms with Gasteiger partial charge in [0.15, 0.2) is 0 Å². The third-order valence-corrected chi connectivity index (χ3v) is 5.04. The van der Waals surface area contributed by atoms with Gasteiger partial charge in [-0.2, -0.15) is 4.31 Å². The molecule has 1 heterocycles. The summed E-state index contributed by atoms with van der Waals surface area (Å²) in [6.07, 6.45) is 4.59. The third kappa shape index (κ3) is 2.53. The van der Waals surface area contributed by atoms with Gasteiger partial charge in [-0.05, 0) is 24.6 Å². The van der Waals surface area contributed by atoms with Crippen LogP contribution in [0.4, 0.5) is 5.69 Å². The van der Waals surface area contributed by atoms with Gasteiger partial charge in [0.1, 0.15) is 4.90 Å². The first-order valence-electron chi connectivity index (χ1n) is 5.22. The summed E-state index contributed by atoms with van der Waals surface area (Å²) in [5.74, 6) is 0. The molecule has 0 bridgehead atoms. The van der Waals surface area contributed by atoms with E-state index < -0.39 is 10.0 Å². The van der Waals surface area contributed by atoms with Gasteiger partial charge in [0.2, 0.25) is 10.0 Å². The quantitative estimate of drug-likeness (QED) is 0.670. The Morgan fingerprint density at radius 2 is 2.06 bits per heavy atom. The van der Waals surface area contributed by atoms with Crippen molar-refractivity contribution in [3.63, 3.8) is 0 Å². The topological polar surface area (TPSA) is 63.4 Å². The number of sulfonamides is 1. The van der Waals surface area contributed by atoms with E-state index in [-0.39, 0.29) is 10.6 Å². The molecule has 1 aliphatic heterocycles. The van der Waals surface area contributed by atoms with Crippen LogP contribution in [0.5, 0.6) is 0 Å². The van der Waals surface area contributed by atoms with Crippen LogP contribution in [0.2, 0.25) is 0 Å². The molecular weight excluding hydrogens is 304 g/mol. The monoisotopic (exact) mass is 316 g/mol. The zero-order valence-electron chi connectivity index (χ0n) is 9.14. The largest absolute Gasteiger partial charge is 0.398 e. The molecule has 0 aliphatic carbocycles. The highest BCUT2D eigenvalue weighted by Crippen LogP contribution is 2.26. The van der Waals surface area contributed by atoms with E-state index in [2.05, 4.69) is 15.9 Å². The first-order valence-corrected chi connectivity index (χ1v) is 7.45. The highest BCUT2D eigenvalue weighted by Gasteiger charge is 2.26. The minimum atomic E-state index is -3.47. The molecule has 0 aromatic heterocycles. The molecule has 0 amide bonds. The molecule has 1 aromatic carbocycles. The maximum Gasteiger partial charge on any atom is 0.245 e. The Labute approximate surface area is 109 Å². The van der Waals surface area contributed by atoms with Gasteiger partial charge in [0, 0.05) is 17.6 Å². The van der Waals surface area contributed by atoms with Gasteiger partial charge in [0.25, 0.3) is 0 Å². The smallest absolute Gasteiger partial charge is 0.245 e. The van der Waals surface area contributed by atoms with Crippen LogP contribution < -0.4 is 5.73 Å². The highest BCUT2D eigenvalue weighted by atomic mass is 79.9. The molecule has 92 valence electrons. The van der Waals surface area contributed by atoms with Gasteiger partial charge < -0.3 is 5.73 Å². The second-order valence-electron chi connectivity index (χ2n) is 3.81. The molecule has 0 saturated carbocycles. The molecular formula is C11H13BrN2O2S. The number of hydrogen-bond acceptors (Lipinski definition) is 3. The van der Waals surface area contributed by atoms with Crippen LogP contribution in [0, 0.1) is 0 Å². The van der Waals surface area contributed by atoms with Gasteiger partial charge in [-0.15, -0.1) is 0 Å². The molecule has 0 radical (unpaired) electrons. The molecule has 17 heavy (non-hydrogen) atoms. The van der Waals surface area contributed by atoms with Gasteiger partial charge in [-0.1, -0.05) is 28.1 Å². The lowest BCUT2D eigenvalue weighted by atomic mass is 10.3. The fourth-order valence-corrected chi connectivity index (χ4v) is 3.61. The molecule has 4 nitrogen and oxygen atoms in total. The van der Waals surface area contributed by atoms with Crippen molar-refractivity contribution in [1.29, 1.82) is 0 Å². The summed E-state index contributed by atoms with van der Waals surface area (Å²) in [6.45, 7) is 0.923. The van der Waals surface area contributed by atoms with E-state index in [4.69, 9.17) is 5.73 Å². The second-order valence-corrected chi connectivity index (χ2v) is 6.63. The van der Waals surface area contributed by atoms with Crippen molar-refractivity contribution in [1.82, 2.24) is 4.31 Å². The zero-order chi connectivity index (χ0) is 12.5. The highest BCUT2D eigenvalue weighted by molar-refractivity contribution is 9.10. The number of benzene rings is 1. The van der Waals surface area contributed by atoms with E-state index >= 15 is 0 Å². The van der Waals surface area contributed by atoms with Crippen molar-refractivity contribution in [2.45, 2.75) is 11.3 Å². The number of nitrogen functional groups attached to an aromatic ring is 1. The number of halogens is 1. The van der Waals surface area contributed by atoms with E-state index in [1.807, 2.05) is 12.2 Å². The Morgan fingerprint density at radius 3 is 2.65 bits per heavy atom. The molecule has 6 heteroatoms. The van der Waals surface area contributed by atoms with Crippen LogP contribution in [0.1, 0.15) is 6.42 Å². The number of nitrogens with two attached hydrogens (primary N) is 1. The van der Waals surface area contributed by atoms with Crippen LogP contribution in [0.15, 0.2) is 39.7 Å². The molecule has 0 spiro atoms. The summed E-state index contributed by atoms with van der Waals surface area (Å²) in [6, 6.07) is 4.82. The molecule has 2 rings (SSSR count). The number of nitrogens with zero attached hydrogens (tertiary/aromatic N) is 1. The number of anilines is 1. The summed E-state index contributed by atoms with van der Waals surface area (Å²) >= 11 is 3.26. The zero-order valence-corrected chi connectivity index (χ0v) is 11.5. The minimum Gasteiger partial charge on any atom is -0.398 e. The third-order valence-electron chi connectivity index (χ3n) is 2.61. The van der Waals surface area contributed by atoms with E-state index in [0.717, 1.165) is 10.9 Å². The molecule has 0 atom stereocenters. The van der Waals surface area contributed by atoms with Crippen LogP contribution in [-0.4, -0.2) is 25.8 Å². The van der Waals surface area contributed by atoms with Crippen LogP contribution in [0.25, 0.3) is 0 Å². The van der Waals surface area contributed by atoms with Crippen molar-refractivity contribution >= 4 is 31.6 Å². The van der Waals surface area contributed by atoms with Gasteiger partial charge >= 0.3 is 0 Å². The molecule has 1 aromatic rings. The Morgan fingerprint density at radius 1 is 1.29 bits per heavy atom. The Hall–Kier alpha value is -0.850. The number of rotatable bonds is 2. The molecule has 0 unspecified atom stereocenters. The summed E-state index contributed by atoms with van der Waals surface area (Å²) in [7, 11) is -3.47. The van der Waals surface area contributed by atoms with Crippen molar-refractivity contribution in [2.75, 3.05) is 18.8 Å². The van der Waals surface area contributed by atoms with Gasteiger partial charge in [-0.3, -0.25) is 0 Å². The van der Waals surface area contributed by atoms with Crippen molar-refractivity contribution < 1.29 is 8.42 Å². The SMILES string of the molecule is Nc1cc(Br)ccc1S(=O)(=O)N1CC=CCC1. The fourth-order valence-electron chi connectivity index (χ4n) is 1.73. The fraction of sp³-hybridized carbons (Fsp3) is 0.273. The average Bonchev–Trinajstić information content (AvgIpc) is 2.29.